The summed E-state index contributed by atoms with van der Waals surface area (Å²) < 4.78 is 4.12. The zero-order valence-corrected chi connectivity index (χ0v) is 17.0. The fourth-order valence-electron chi connectivity index (χ4n) is 3.39. The predicted octanol–water partition coefficient (Wildman–Crippen LogP) is 4.50. The van der Waals surface area contributed by atoms with E-state index < -0.39 is 0 Å². The van der Waals surface area contributed by atoms with E-state index in [4.69, 9.17) is 4.98 Å². The van der Waals surface area contributed by atoms with Crippen molar-refractivity contribution < 1.29 is 4.79 Å². The van der Waals surface area contributed by atoms with Crippen molar-refractivity contribution in [2.75, 3.05) is 5.32 Å². The first kappa shape index (κ1) is 18.9. The molecule has 0 saturated heterocycles. The number of imidazole rings is 1. The summed E-state index contributed by atoms with van der Waals surface area (Å²) in [4.78, 5) is 17.4. The van der Waals surface area contributed by atoms with Gasteiger partial charge in [-0.1, -0.05) is 31.5 Å². The third kappa shape index (κ3) is 4.21. The van der Waals surface area contributed by atoms with Gasteiger partial charge in [0.15, 0.2) is 0 Å². The molecule has 1 amide bonds. The average molecular weight is 387 g/mol. The molecule has 0 fully saturated rings. The lowest BCUT2D eigenvalue weighted by Gasteiger charge is -2.12. The van der Waals surface area contributed by atoms with Crippen LogP contribution in [0.25, 0.3) is 11.0 Å². The molecular formula is C23H25N5O. The number of rotatable bonds is 6. The Balaban J connectivity index is 1.64. The van der Waals surface area contributed by atoms with Crippen LogP contribution in [0.2, 0.25) is 0 Å². The molecule has 29 heavy (non-hydrogen) atoms. The smallest absolute Gasteiger partial charge is 0.255 e. The van der Waals surface area contributed by atoms with Crippen LogP contribution in [0.1, 0.15) is 35.6 Å². The SMILES string of the molecule is Cc1ccc(C(=O)Nc2ccc3c(c2)nc(Cn2cccn2)n3CC(C)C)cc1. The highest BCUT2D eigenvalue weighted by atomic mass is 16.1. The van der Waals surface area contributed by atoms with Crippen molar-refractivity contribution in [1.82, 2.24) is 19.3 Å². The molecule has 0 bridgehead atoms. The number of amides is 1. The van der Waals surface area contributed by atoms with Gasteiger partial charge in [0.05, 0.1) is 17.6 Å². The standard InChI is InChI=1S/C23H25N5O/c1-16(2)14-28-21-10-9-19(25-23(29)18-7-5-17(3)6-8-18)13-20(21)26-22(28)15-27-12-4-11-24-27/h4-13,16H,14-15H2,1-3H3,(H,25,29). The van der Waals surface area contributed by atoms with Crippen LogP contribution in [0.15, 0.2) is 60.9 Å². The lowest BCUT2D eigenvalue weighted by Crippen LogP contribution is -2.12. The summed E-state index contributed by atoms with van der Waals surface area (Å²) in [5, 5.41) is 7.28. The van der Waals surface area contributed by atoms with Crippen LogP contribution in [0.5, 0.6) is 0 Å². The lowest BCUT2D eigenvalue weighted by molar-refractivity contribution is 0.102. The summed E-state index contributed by atoms with van der Waals surface area (Å²) in [6.45, 7) is 7.88. The van der Waals surface area contributed by atoms with Crippen LogP contribution in [0.4, 0.5) is 5.69 Å². The largest absolute Gasteiger partial charge is 0.326 e. The van der Waals surface area contributed by atoms with E-state index in [0.717, 1.165) is 34.7 Å². The summed E-state index contributed by atoms with van der Waals surface area (Å²) in [5.41, 5.74) is 4.44. The lowest BCUT2D eigenvalue weighted by atomic mass is 10.1. The molecule has 0 atom stereocenters. The Morgan fingerprint density at radius 2 is 1.93 bits per heavy atom. The van der Waals surface area contributed by atoms with Crippen molar-refractivity contribution in [3.8, 4) is 0 Å². The first-order chi connectivity index (χ1) is 14.0. The van der Waals surface area contributed by atoms with Crippen LogP contribution in [-0.2, 0) is 13.1 Å². The Bertz CT molecular complexity index is 1120. The number of fused-ring (bicyclic) bond motifs is 1. The van der Waals surface area contributed by atoms with Crippen LogP contribution in [-0.4, -0.2) is 25.2 Å². The van der Waals surface area contributed by atoms with Crippen LogP contribution < -0.4 is 5.32 Å². The molecule has 0 radical (unpaired) electrons. The molecule has 2 heterocycles. The number of hydrogen-bond acceptors (Lipinski definition) is 3. The van der Waals surface area contributed by atoms with E-state index in [2.05, 4.69) is 28.8 Å². The van der Waals surface area contributed by atoms with E-state index in [-0.39, 0.29) is 5.91 Å². The molecule has 0 aliphatic carbocycles. The van der Waals surface area contributed by atoms with Gasteiger partial charge in [-0.3, -0.25) is 9.48 Å². The molecule has 1 N–H and O–H groups in total. The first-order valence-corrected chi connectivity index (χ1v) is 9.84. The maximum Gasteiger partial charge on any atom is 0.255 e. The number of anilines is 1. The molecule has 6 nitrogen and oxygen atoms in total. The normalized spacial score (nSPS) is 11.3. The Morgan fingerprint density at radius 1 is 1.14 bits per heavy atom. The maximum atomic E-state index is 12.5. The average Bonchev–Trinajstić information content (AvgIpc) is 3.30. The number of hydrogen-bond donors (Lipinski definition) is 1. The second kappa shape index (κ2) is 7.91. The molecule has 2 aromatic heterocycles. The third-order valence-electron chi connectivity index (χ3n) is 4.81. The fourth-order valence-corrected chi connectivity index (χ4v) is 3.39. The van der Waals surface area contributed by atoms with E-state index in [1.165, 1.54) is 0 Å². The van der Waals surface area contributed by atoms with Gasteiger partial charge in [0.2, 0.25) is 0 Å². The summed E-state index contributed by atoms with van der Waals surface area (Å²) >= 11 is 0. The van der Waals surface area contributed by atoms with E-state index in [1.54, 1.807) is 6.20 Å². The second-order valence-corrected chi connectivity index (χ2v) is 7.76. The number of nitrogens with one attached hydrogen (secondary N) is 1. The van der Waals surface area contributed by atoms with E-state index >= 15 is 0 Å². The molecule has 0 aliphatic rings. The van der Waals surface area contributed by atoms with E-state index in [0.29, 0.717) is 18.0 Å². The number of aromatic nitrogens is 4. The number of carbonyl (C=O) groups excluding carboxylic acids is 1. The summed E-state index contributed by atoms with van der Waals surface area (Å²) in [7, 11) is 0. The number of benzene rings is 2. The van der Waals surface area contributed by atoms with Gasteiger partial charge in [0.25, 0.3) is 5.91 Å². The molecule has 4 aromatic rings. The molecule has 0 aliphatic heterocycles. The number of aryl methyl sites for hydroxylation is 1. The topological polar surface area (TPSA) is 64.7 Å². The number of carbonyl (C=O) groups is 1. The highest BCUT2D eigenvalue weighted by Gasteiger charge is 2.14. The zero-order valence-electron chi connectivity index (χ0n) is 17.0. The van der Waals surface area contributed by atoms with Gasteiger partial charge in [-0.05, 0) is 49.2 Å². The maximum absolute atomic E-state index is 12.5. The minimum atomic E-state index is -0.122. The van der Waals surface area contributed by atoms with Crippen LogP contribution >= 0.6 is 0 Å². The quantitative estimate of drug-likeness (QED) is 0.530. The predicted molar refractivity (Wildman–Crippen MR) is 115 cm³/mol. The van der Waals surface area contributed by atoms with Gasteiger partial charge in [0.1, 0.15) is 5.82 Å². The molecule has 148 valence electrons. The zero-order chi connectivity index (χ0) is 20.4. The Kier molecular flexibility index (Phi) is 5.16. The van der Waals surface area contributed by atoms with Crippen molar-refractivity contribution in [3.63, 3.8) is 0 Å². The molecular weight excluding hydrogens is 362 g/mol. The van der Waals surface area contributed by atoms with Crippen LogP contribution in [0.3, 0.4) is 0 Å². The molecule has 2 aromatic carbocycles. The first-order valence-electron chi connectivity index (χ1n) is 9.84. The summed E-state index contributed by atoms with van der Waals surface area (Å²) in [5.74, 6) is 1.33. The Labute approximate surface area is 170 Å². The van der Waals surface area contributed by atoms with E-state index in [1.807, 2.05) is 66.3 Å². The van der Waals surface area contributed by atoms with Crippen molar-refractivity contribution in [3.05, 3.63) is 77.9 Å². The minimum absolute atomic E-state index is 0.122. The summed E-state index contributed by atoms with van der Waals surface area (Å²) in [6, 6.07) is 15.4. The van der Waals surface area contributed by atoms with Gasteiger partial charge in [-0.2, -0.15) is 5.10 Å². The molecule has 4 rings (SSSR count). The van der Waals surface area contributed by atoms with Gasteiger partial charge >= 0.3 is 0 Å². The van der Waals surface area contributed by atoms with Crippen molar-refractivity contribution in [1.29, 1.82) is 0 Å². The minimum Gasteiger partial charge on any atom is -0.326 e. The van der Waals surface area contributed by atoms with Gasteiger partial charge < -0.3 is 9.88 Å². The van der Waals surface area contributed by atoms with E-state index in [9.17, 15) is 4.79 Å². The Morgan fingerprint density at radius 3 is 2.62 bits per heavy atom. The monoisotopic (exact) mass is 387 g/mol. The van der Waals surface area contributed by atoms with Crippen molar-refractivity contribution in [2.24, 2.45) is 5.92 Å². The highest BCUT2D eigenvalue weighted by molar-refractivity contribution is 6.05. The molecule has 0 unspecified atom stereocenters. The molecule has 0 spiro atoms. The summed E-state index contributed by atoms with van der Waals surface area (Å²) in [6.07, 6.45) is 3.71. The second-order valence-electron chi connectivity index (χ2n) is 7.76. The van der Waals surface area contributed by atoms with Crippen molar-refractivity contribution >= 4 is 22.6 Å². The van der Waals surface area contributed by atoms with Crippen LogP contribution in [0, 0.1) is 12.8 Å². The van der Waals surface area contributed by atoms with Gasteiger partial charge in [-0.15, -0.1) is 0 Å². The number of nitrogens with zero attached hydrogens (tertiary/aromatic N) is 4. The molecule has 0 saturated carbocycles. The highest BCUT2D eigenvalue weighted by Crippen LogP contribution is 2.23. The third-order valence-corrected chi connectivity index (χ3v) is 4.81. The van der Waals surface area contributed by atoms with Gasteiger partial charge in [-0.25, -0.2) is 4.98 Å². The van der Waals surface area contributed by atoms with Gasteiger partial charge in [0, 0.05) is 30.2 Å². The fraction of sp³-hybridized carbons (Fsp3) is 0.261. The Hall–Kier alpha value is -3.41. The van der Waals surface area contributed by atoms with Crippen molar-refractivity contribution in [2.45, 2.75) is 33.9 Å². The molecule has 6 heteroatoms.